The standard InChI is InChI=1S/C16H24N2OS/c1-12-4-6-15(7-5-12)20-13(2)16(19)17-14-8-10-18(3)11-9-14/h4-7,13-14H,8-11H2,1-3H3,(H,17,19). The molecule has 1 heterocycles. The monoisotopic (exact) mass is 292 g/mol. The topological polar surface area (TPSA) is 32.3 Å². The van der Waals surface area contributed by atoms with E-state index in [2.05, 4.69) is 48.5 Å². The average Bonchev–Trinajstić information content (AvgIpc) is 2.44. The lowest BCUT2D eigenvalue weighted by Crippen LogP contribution is -2.45. The molecule has 3 nitrogen and oxygen atoms in total. The maximum atomic E-state index is 12.2. The van der Waals surface area contributed by atoms with Crippen molar-refractivity contribution in [3.05, 3.63) is 29.8 Å². The Morgan fingerprint density at radius 1 is 1.30 bits per heavy atom. The van der Waals surface area contributed by atoms with Crippen LogP contribution in [0.4, 0.5) is 0 Å². The van der Waals surface area contributed by atoms with E-state index in [0.717, 1.165) is 30.8 Å². The van der Waals surface area contributed by atoms with Crippen molar-refractivity contribution in [1.82, 2.24) is 10.2 Å². The molecule has 0 aliphatic carbocycles. The number of amides is 1. The van der Waals surface area contributed by atoms with Gasteiger partial charge < -0.3 is 10.2 Å². The SMILES string of the molecule is Cc1ccc(SC(C)C(=O)NC2CCN(C)CC2)cc1. The van der Waals surface area contributed by atoms with Crippen molar-refractivity contribution in [2.24, 2.45) is 0 Å². The van der Waals surface area contributed by atoms with Gasteiger partial charge in [0.05, 0.1) is 5.25 Å². The average molecular weight is 292 g/mol. The molecule has 1 saturated heterocycles. The highest BCUT2D eigenvalue weighted by molar-refractivity contribution is 8.00. The number of hydrogen-bond donors (Lipinski definition) is 1. The van der Waals surface area contributed by atoms with E-state index < -0.39 is 0 Å². The number of carbonyl (C=O) groups excluding carboxylic acids is 1. The highest BCUT2D eigenvalue weighted by Gasteiger charge is 2.21. The van der Waals surface area contributed by atoms with Crippen LogP contribution in [0, 0.1) is 6.92 Å². The van der Waals surface area contributed by atoms with Gasteiger partial charge in [-0.1, -0.05) is 17.7 Å². The number of benzene rings is 1. The number of thioether (sulfide) groups is 1. The lowest BCUT2D eigenvalue weighted by Gasteiger charge is -2.30. The highest BCUT2D eigenvalue weighted by Crippen LogP contribution is 2.23. The Kier molecular flexibility index (Phi) is 5.49. The second-order valence-electron chi connectivity index (χ2n) is 5.66. The molecule has 1 fully saturated rings. The molecule has 1 aromatic carbocycles. The van der Waals surface area contributed by atoms with Crippen molar-refractivity contribution in [3.8, 4) is 0 Å². The first-order valence-electron chi connectivity index (χ1n) is 7.27. The molecule has 1 aliphatic rings. The second kappa shape index (κ2) is 7.14. The minimum absolute atomic E-state index is 0.0441. The van der Waals surface area contributed by atoms with E-state index >= 15 is 0 Å². The molecular formula is C16H24N2OS. The zero-order valence-electron chi connectivity index (χ0n) is 12.6. The number of aryl methyl sites for hydroxylation is 1. The van der Waals surface area contributed by atoms with Gasteiger partial charge >= 0.3 is 0 Å². The first-order valence-corrected chi connectivity index (χ1v) is 8.15. The predicted molar refractivity (Wildman–Crippen MR) is 85.2 cm³/mol. The van der Waals surface area contributed by atoms with Gasteiger partial charge in [0.2, 0.25) is 5.91 Å². The molecule has 1 aliphatic heterocycles. The van der Waals surface area contributed by atoms with Crippen molar-refractivity contribution in [1.29, 1.82) is 0 Å². The number of piperidine rings is 1. The van der Waals surface area contributed by atoms with Gasteiger partial charge in [-0.15, -0.1) is 11.8 Å². The molecule has 1 N–H and O–H groups in total. The summed E-state index contributed by atoms with van der Waals surface area (Å²) in [7, 11) is 2.13. The van der Waals surface area contributed by atoms with Crippen LogP contribution in [-0.2, 0) is 4.79 Å². The molecule has 1 amide bonds. The third-order valence-corrected chi connectivity index (χ3v) is 4.88. The summed E-state index contributed by atoms with van der Waals surface area (Å²) in [6.07, 6.45) is 2.12. The van der Waals surface area contributed by atoms with Crippen LogP contribution < -0.4 is 5.32 Å². The Bertz CT molecular complexity index is 438. The molecule has 1 aromatic rings. The van der Waals surface area contributed by atoms with Crippen LogP contribution in [0.15, 0.2) is 29.2 Å². The van der Waals surface area contributed by atoms with Crippen LogP contribution in [0.3, 0.4) is 0 Å². The summed E-state index contributed by atoms with van der Waals surface area (Å²) in [5.41, 5.74) is 1.25. The smallest absolute Gasteiger partial charge is 0.233 e. The third-order valence-electron chi connectivity index (χ3n) is 3.77. The second-order valence-corrected chi connectivity index (χ2v) is 7.07. The number of rotatable bonds is 4. The summed E-state index contributed by atoms with van der Waals surface area (Å²) in [6.45, 7) is 6.20. The molecule has 0 aromatic heterocycles. The molecule has 1 atom stereocenters. The van der Waals surface area contributed by atoms with Crippen LogP contribution in [0.2, 0.25) is 0 Å². The Hall–Kier alpha value is -1.00. The predicted octanol–water partition coefficient (Wildman–Crippen LogP) is 2.69. The molecule has 1 unspecified atom stereocenters. The van der Waals surface area contributed by atoms with E-state index in [0.29, 0.717) is 6.04 Å². The number of hydrogen-bond acceptors (Lipinski definition) is 3. The lowest BCUT2D eigenvalue weighted by atomic mass is 10.1. The summed E-state index contributed by atoms with van der Waals surface area (Å²) >= 11 is 1.63. The largest absolute Gasteiger partial charge is 0.352 e. The van der Waals surface area contributed by atoms with E-state index in [-0.39, 0.29) is 11.2 Å². The van der Waals surface area contributed by atoms with Gasteiger partial charge in [-0.3, -0.25) is 4.79 Å². The van der Waals surface area contributed by atoms with Crippen LogP contribution in [0.1, 0.15) is 25.3 Å². The Morgan fingerprint density at radius 3 is 2.50 bits per heavy atom. The van der Waals surface area contributed by atoms with Gasteiger partial charge in [-0.2, -0.15) is 0 Å². The van der Waals surface area contributed by atoms with Crippen molar-refractivity contribution >= 4 is 17.7 Å². The van der Waals surface area contributed by atoms with Crippen LogP contribution in [0.25, 0.3) is 0 Å². The first-order chi connectivity index (χ1) is 9.54. The molecule has 20 heavy (non-hydrogen) atoms. The van der Waals surface area contributed by atoms with Gasteiger partial charge in [0, 0.05) is 10.9 Å². The molecule has 4 heteroatoms. The fourth-order valence-electron chi connectivity index (χ4n) is 2.35. The van der Waals surface area contributed by atoms with E-state index in [1.54, 1.807) is 11.8 Å². The van der Waals surface area contributed by atoms with Gasteiger partial charge in [0.25, 0.3) is 0 Å². The number of nitrogens with zero attached hydrogens (tertiary/aromatic N) is 1. The zero-order valence-corrected chi connectivity index (χ0v) is 13.4. The van der Waals surface area contributed by atoms with E-state index in [9.17, 15) is 4.79 Å². The van der Waals surface area contributed by atoms with Crippen LogP contribution in [-0.4, -0.2) is 42.2 Å². The maximum absolute atomic E-state index is 12.2. The lowest BCUT2D eigenvalue weighted by molar-refractivity contribution is -0.121. The zero-order chi connectivity index (χ0) is 14.5. The normalized spacial score (nSPS) is 18.8. The van der Waals surface area contributed by atoms with Crippen molar-refractivity contribution < 1.29 is 4.79 Å². The summed E-state index contributed by atoms with van der Waals surface area (Å²) in [5.74, 6) is 0.158. The summed E-state index contributed by atoms with van der Waals surface area (Å²) < 4.78 is 0. The summed E-state index contributed by atoms with van der Waals surface area (Å²) in [5, 5.41) is 3.14. The van der Waals surface area contributed by atoms with Gasteiger partial charge in [-0.25, -0.2) is 0 Å². The van der Waals surface area contributed by atoms with Crippen molar-refractivity contribution in [2.45, 2.75) is 42.9 Å². The molecule has 0 radical (unpaired) electrons. The summed E-state index contributed by atoms with van der Waals surface area (Å²) in [4.78, 5) is 15.7. The molecule has 110 valence electrons. The van der Waals surface area contributed by atoms with E-state index in [1.807, 2.05) is 6.92 Å². The first kappa shape index (κ1) is 15.4. The number of likely N-dealkylation sites (tertiary alicyclic amines) is 1. The van der Waals surface area contributed by atoms with E-state index in [1.165, 1.54) is 5.56 Å². The third kappa shape index (κ3) is 4.53. The Labute approximate surface area is 126 Å². The van der Waals surface area contributed by atoms with Gasteiger partial charge in [0.15, 0.2) is 0 Å². The van der Waals surface area contributed by atoms with E-state index in [4.69, 9.17) is 0 Å². The number of carbonyl (C=O) groups is 1. The van der Waals surface area contributed by atoms with Crippen molar-refractivity contribution in [3.63, 3.8) is 0 Å². The minimum atomic E-state index is -0.0441. The van der Waals surface area contributed by atoms with Gasteiger partial charge in [-0.05, 0) is 59.0 Å². The molecular weight excluding hydrogens is 268 g/mol. The maximum Gasteiger partial charge on any atom is 0.233 e. The molecule has 2 rings (SSSR count). The van der Waals surface area contributed by atoms with Crippen LogP contribution >= 0.6 is 11.8 Å². The highest BCUT2D eigenvalue weighted by atomic mass is 32.2. The molecule has 0 spiro atoms. The Morgan fingerprint density at radius 2 is 1.90 bits per heavy atom. The minimum Gasteiger partial charge on any atom is -0.352 e. The fourth-order valence-corrected chi connectivity index (χ4v) is 3.22. The summed E-state index contributed by atoms with van der Waals surface area (Å²) in [6, 6.07) is 8.69. The van der Waals surface area contributed by atoms with Crippen LogP contribution in [0.5, 0.6) is 0 Å². The van der Waals surface area contributed by atoms with Gasteiger partial charge in [0.1, 0.15) is 0 Å². The number of nitrogens with one attached hydrogen (secondary N) is 1. The van der Waals surface area contributed by atoms with Crippen molar-refractivity contribution in [2.75, 3.05) is 20.1 Å². The molecule has 0 bridgehead atoms. The fraction of sp³-hybridized carbons (Fsp3) is 0.562. The quantitative estimate of drug-likeness (QED) is 0.866. The Balaban J connectivity index is 1.81. The molecule has 0 saturated carbocycles.